The summed E-state index contributed by atoms with van der Waals surface area (Å²) in [5.41, 5.74) is 14.6. The molecule has 0 atom stereocenters. The van der Waals surface area contributed by atoms with Gasteiger partial charge in [0.1, 0.15) is 11.6 Å². The maximum atomic E-state index is 9.84. The molecule has 3 aromatic heterocycles. The zero-order valence-electron chi connectivity index (χ0n) is 31.5. The highest BCUT2D eigenvalue weighted by atomic mass is 15.0. The third-order valence-corrected chi connectivity index (χ3v) is 10.9. The van der Waals surface area contributed by atoms with E-state index in [2.05, 4.69) is 161 Å². The van der Waals surface area contributed by atoms with Crippen LogP contribution in [0.2, 0.25) is 0 Å². The number of para-hydroxylation sites is 2. The van der Waals surface area contributed by atoms with Gasteiger partial charge in [-0.25, -0.2) is 15.0 Å². The van der Waals surface area contributed by atoms with Gasteiger partial charge in [-0.1, -0.05) is 83.9 Å². The number of hydrogen-bond acceptors (Lipinski definition) is 4. The van der Waals surface area contributed by atoms with E-state index in [1.165, 1.54) is 32.7 Å². The van der Waals surface area contributed by atoms with Gasteiger partial charge in [-0.15, -0.1) is 0 Å². The molecule has 0 unspecified atom stereocenters. The Balaban J connectivity index is 1.35. The topological polar surface area (TPSA) is 72.3 Å². The van der Waals surface area contributed by atoms with Gasteiger partial charge in [0.2, 0.25) is 0 Å². The number of nitriles is 1. The van der Waals surface area contributed by atoms with Gasteiger partial charge in [0.15, 0.2) is 5.82 Å². The number of rotatable bonds is 5. The van der Waals surface area contributed by atoms with Crippen LogP contribution in [0.5, 0.6) is 0 Å². The summed E-state index contributed by atoms with van der Waals surface area (Å²) in [5.74, 6) is 2.00. The maximum absolute atomic E-state index is 9.84. The molecule has 3 heterocycles. The number of hydrogen-bond donors (Lipinski definition) is 0. The number of aromatic nitrogens is 5. The predicted molar refractivity (Wildman–Crippen MR) is 228 cm³/mol. The molecule has 10 rings (SSSR count). The first kappa shape index (κ1) is 33.2. The fourth-order valence-corrected chi connectivity index (χ4v) is 8.42. The standard InChI is InChI=1S/C50H36N6/c1-30-16-21-46-41(24-30)38-12-5-7-14-44(38)55(46)48-23-19-37(50-53-32(3)52-33(4)54-50)27-43(48)40-20-18-36(35-11-9-10-34(26-35)29-51)28-49(40)56-45-15-8-6-13-39(45)42-25-31(2)17-22-47(42)56/h5-28H,1-4H3. The molecule has 0 fully saturated rings. The second kappa shape index (κ2) is 12.9. The summed E-state index contributed by atoms with van der Waals surface area (Å²) in [7, 11) is 0. The Morgan fingerprint density at radius 2 is 1.00 bits per heavy atom. The molecule has 6 nitrogen and oxygen atoms in total. The lowest BCUT2D eigenvalue weighted by atomic mass is 9.94. The number of benzene rings is 7. The molecule has 0 radical (unpaired) electrons. The highest BCUT2D eigenvalue weighted by Gasteiger charge is 2.22. The maximum Gasteiger partial charge on any atom is 0.163 e. The third kappa shape index (κ3) is 5.36. The Morgan fingerprint density at radius 3 is 1.64 bits per heavy atom. The molecule has 0 aliphatic heterocycles. The van der Waals surface area contributed by atoms with E-state index in [-0.39, 0.29) is 0 Å². The van der Waals surface area contributed by atoms with E-state index >= 15 is 0 Å². The Bertz CT molecular complexity index is 3250. The summed E-state index contributed by atoms with van der Waals surface area (Å²) in [6.45, 7) is 8.12. The summed E-state index contributed by atoms with van der Waals surface area (Å²) >= 11 is 0. The number of aryl methyl sites for hydroxylation is 4. The summed E-state index contributed by atoms with van der Waals surface area (Å²) in [6, 6.07) is 54.2. The van der Waals surface area contributed by atoms with Gasteiger partial charge in [-0.05, 0) is 112 Å². The lowest BCUT2D eigenvalue weighted by molar-refractivity contribution is 0.928. The monoisotopic (exact) mass is 720 g/mol. The number of nitrogens with zero attached hydrogens (tertiary/aromatic N) is 6. The van der Waals surface area contributed by atoms with Crippen molar-refractivity contribution in [3.05, 3.63) is 174 Å². The van der Waals surface area contributed by atoms with E-state index < -0.39 is 0 Å². The minimum atomic E-state index is 0.625. The van der Waals surface area contributed by atoms with Crippen molar-refractivity contribution in [2.45, 2.75) is 27.7 Å². The molecular weight excluding hydrogens is 685 g/mol. The van der Waals surface area contributed by atoms with Crippen LogP contribution in [0.1, 0.15) is 28.3 Å². The first-order valence-corrected chi connectivity index (χ1v) is 18.8. The minimum absolute atomic E-state index is 0.625. The Kier molecular flexibility index (Phi) is 7.65. The summed E-state index contributed by atoms with van der Waals surface area (Å²) in [4.78, 5) is 14.1. The molecule has 0 saturated heterocycles. The van der Waals surface area contributed by atoms with Gasteiger partial charge < -0.3 is 9.13 Å². The van der Waals surface area contributed by atoms with Crippen molar-refractivity contribution < 1.29 is 0 Å². The molecule has 6 heteroatoms. The van der Waals surface area contributed by atoms with Crippen LogP contribution < -0.4 is 0 Å². The summed E-state index contributed by atoms with van der Waals surface area (Å²) in [5, 5.41) is 14.6. The average molecular weight is 721 g/mol. The van der Waals surface area contributed by atoms with Crippen LogP contribution in [0, 0.1) is 39.0 Å². The highest BCUT2D eigenvalue weighted by molar-refractivity contribution is 6.12. The van der Waals surface area contributed by atoms with Gasteiger partial charge in [-0.3, -0.25) is 0 Å². The molecule has 56 heavy (non-hydrogen) atoms. The van der Waals surface area contributed by atoms with Crippen molar-refractivity contribution >= 4 is 43.6 Å². The van der Waals surface area contributed by atoms with Gasteiger partial charge >= 0.3 is 0 Å². The lowest BCUT2D eigenvalue weighted by Gasteiger charge is -2.20. The van der Waals surface area contributed by atoms with E-state index in [9.17, 15) is 5.26 Å². The zero-order chi connectivity index (χ0) is 38.1. The quantitative estimate of drug-likeness (QED) is 0.177. The van der Waals surface area contributed by atoms with Crippen molar-refractivity contribution in [3.8, 4) is 51.1 Å². The van der Waals surface area contributed by atoms with Crippen LogP contribution in [0.25, 0.3) is 88.6 Å². The van der Waals surface area contributed by atoms with Crippen LogP contribution in [0.4, 0.5) is 0 Å². The first-order valence-electron chi connectivity index (χ1n) is 18.8. The molecule has 0 N–H and O–H groups in total. The van der Waals surface area contributed by atoms with E-state index in [0.29, 0.717) is 23.0 Å². The highest BCUT2D eigenvalue weighted by Crippen LogP contribution is 2.43. The second-order valence-electron chi connectivity index (χ2n) is 14.7. The van der Waals surface area contributed by atoms with Gasteiger partial charge in [0.25, 0.3) is 0 Å². The number of fused-ring (bicyclic) bond motifs is 6. The van der Waals surface area contributed by atoms with Crippen LogP contribution in [-0.2, 0) is 0 Å². The normalized spacial score (nSPS) is 11.6. The molecule has 266 valence electrons. The second-order valence-corrected chi connectivity index (χ2v) is 14.7. The SMILES string of the molecule is Cc1ccc2c(c1)c1ccccc1n2-c1ccc(-c2nc(C)nc(C)n2)cc1-c1ccc(-c2cccc(C#N)c2)cc1-n1c2ccccc2c2cc(C)ccc21. The Morgan fingerprint density at radius 1 is 0.429 bits per heavy atom. The van der Waals surface area contributed by atoms with Crippen LogP contribution in [0.15, 0.2) is 146 Å². The van der Waals surface area contributed by atoms with Crippen molar-refractivity contribution in [1.29, 1.82) is 5.26 Å². The van der Waals surface area contributed by atoms with Crippen LogP contribution >= 0.6 is 0 Å². The molecule has 0 saturated carbocycles. The van der Waals surface area contributed by atoms with E-state index in [0.717, 1.165) is 61.3 Å². The van der Waals surface area contributed by atoms with E-state index in [4.69, 9.17) is 9.97 Å². The van der Waals surface area contributed by atoms with Crippen LogP contribution in [-0.4, -0.2) is 24.1 Å². The average Bonchev–Trinajstić information content (AvgIpc) is 3.72. The van der Waals surface area contributed by atoms with Crippen molar-refractivity contribution in [1.82, 2.24) is 24.1 Å². The largest absolute Gasteiger partial charge is 0.309 e. The molecular formula is C50H36N6. The molecule has 0 amide bonds. The van der Waals surface area contributed by atoms with Gasteiger partial charge in [0, 0.05) is 38.2 Å². The van der Waals surface area contributed by atoms with Crippen molar-refractivity contribution in [2.24, 2.45) is 0 Å². The van der Waals surface area contributed by atoms with Gasteiger partial charge in [0.05, 0.1) is 45.1 Å². The first-order chi connectivity index (χ1) is 27.3. The summed E-state index contributed by atoms with van der Waals surface area (Å²) < 4.78 is 4.80. The summed E-state index contributed by atoms with van der Waals surface area (Å²) in [6.07, 6.45) is 0. The fourth-order valence-electron chi connectivity index (χ4n) is 8.42. The molecule has 0 bridgehead atoms. The minimum Gasteiger partial charge on any atom is -0.309 e. The van der Waals surface area contributed by atoms with Crippen LogP contribution in [0.3, 0.4) is 0 Å². The fraction of sp³-hybridized carbons (Fsp3) is 0.0800. The molecule has 7 aromatic carbocycles. The lowest BCUT2D eigenvalue weighted by Crippen LogP contribution is -2.04. The molecule has 0 aliphatic rings. The molecule has 0 spiro atoms. The zero-order valence-corrected chi connectivity index (χ0v) is 31.5. The predicted octanol–water partition coefficient (Wildman–Crippen LogP) is 12.2. The van der Waals surface area contributed by atoms with Crippen molar-refractivity contribution in [2.75, 3.05) is 0 Å². The van der Waals surface area contributed by atoms with Gasteiger partial charge in [-0.2, -0.15) is 5.26 Å². The third-order valence-electron chi connectivity index (χ3n) is 10.9. The van der Waals surface area contributed by atoms with Crippen molar-refractivity contribution in [3.63, 3.8) is 0 Å². The Hall–Kier alpha value is -7.36. The van der Waals surface area contributed by atoms with E-state index in [1.807, 2.05) is 32.0 Å². The van der Waals surface area contributed by atoms with E-state index in [1.54, 1.807) is 0 Å². The Labute approximate surface area is 324 Å². The molecule has 10 aromatic rings. The smallest absolute Gasteiger partial charge is 0.163 e. The molecule has 0 aliphatic carbocycles.